The highest BCUT2D eigenvalue weighted by molar-refractivity contribution is 9.10. The summed E-state index contributed by atoms with van der Waals surface area (Å²) >= 11 is 3.49. The van der Waals surface area contributed by atoms with Crippen molar-refractivity contribution in [2.45, 2.75) is 31.0 Å². The number of nitrogens with one attached hydrogen (secondary N) is 2. The average Bonchev–Trinajstić information content (AvgIpc) is 3.52. The van der Waals surface area contributed by atoms with Gasteiger partial charge in [0.25, 0.3) is 5.91 Å². The number of aliphatic imine (C=N–C) groups is 1. The van der Waals surface area contributed by atoms with Crippen LogP contribution in [0.25, 0.3) is 11.1 Å². The molecule has 5 aromatic rings. The molecule has 0 saturated heterocycles. The highest BCUT2D eigenvalue weighted by Gasteiger charge is 2.53. The van der Waals surface area contributed by atoms with E-state index in [1.54, 1.807) is 12.1 Å². The van der Waals surface area contributed by atoms with Crippen LogP contribution < -0.4 is 15.6 Å². The van der Waals surface area contributed by atoms with Gasteiger partial charge in [-0.05, 0) is 76.3 Å². The van der Waals surface area contributed by atoms with Gasteiger partial charge in [0.2, 0.25) is 5.90 Å². The van der Waals surface area contributed by atoms with E-state index in [-0.39, 0.29) is 25.5 Å². The van der Waals surface area contributed by atoms with Crippen LogP contribution >= 0.6 is 15.9 Å². The lowest BCUT2D eigenvalue weighted by Gasteiger charge is -2.31. The molecule has 0 aliphatic carbocycles. The third kappa shape index (κ3) is 8.05. The van der Waals surface area contributed by atoms with E-state index in [0.29, 0.717) is 29.9 Å². The molecule has 10 heteroatoms. The summed E-state index contributed by atoms with van der Waals surface area (Å²) in [5.41, 5.74) is 8.95. The first-order chi connectivity index (χ1) is 23.8. The van der Waals surface area contributed by atoms with Crippen molar-refractivity contribution in [3.63, 3.8) is 0 Å². The monoisotopic (exact) mass is 725 g/mol. The van der Waals surface area contributed by atoms with Gasteiger partial charge in [-0.15, -0.1) is 0 Å². The van der Waals surface area contributed by atoms with Crippen LogP contribution in [0.15, 0.2) is 131 Å². The molecule has 1 amide bonds. The second-order valence-corrected chi connectivity index (χ2v) is 12.6. The number of hydrazine groups is 1. The Kier molecular flexibility index (Phi) is 10.8. The highest BCUT2D eigenvalue weighted by atomic mass is 79.9. The van der Waals surface area contributed by atoms with Crippen molar-refractivity contribution in [1.82, 2.24) is 10.9 Å². The van der Waals surface area contributed by atoms with Crippen LogP contribution in [0.5, 0.6) is 5.75 Å². The van der Waals surface area contributed by atoms with Crippen LogP contribution in [0.4, 0.5) is 8.78 Å². The number of aliphatic hydroxyl groups is 1. The van der Waals surface area contributed by atoms with Crippen LogP contribution in [0.2, 0.25) is 0 Å². The Morgan fingerprint density at radius 2 is 1.51 bits per heavy atom. The molecule has 1 aliphatic heterocycles. The molecule has 7 nitrogen and oxygen atoms in total. The third-order valence-electron chi connectivity index (χ3n) is 8.22. The fourth-order valence-corrected chi connectivity index (χ4v) is 5.93. The van der Waals surface area contributed by atoms with Gasteiger partial charge in [0, 0.05) is 36.0 Å². The van der Waals surface area contributed by atoms with Crippen LogP contribution in [0.1, 0.15) is 34.8 Å². The van der Waals surface area contributed by atoms with Crippen molar-refractivity contribution in [2.24, 2.45) is 4.99 Å². The van der Waals surface area contributed by atoms with Crippen LogP contribution in [-0.2, 0) is 22.5 Å². The zero-order valence-electron chi connectivity index (χ0n) is 26.4. The molecular weight excluding hydrogens is 692 g/mol. The molecule has 0 radical (unpaired) electrons. The largest absolute Gasteiger partial charge is 0.494 e. The summed E-state index contributed by atoms with van der Waals surface area (Å²) in [5.74, 6) is -1.47. The lowest BCUT2D eigenvalue weighted by atomic mass is 9.82. The Labute approximate surface area is 291 Å². The van der Waals surface area contributed by atoms with Gasteiger partial charge in [-0.1, -0.05) is 88.7 Å². The van der Waals surface area contributed by atoms with Crippen molar-refractivity contribution in [2.75, 3.05) is 13.2 Å². The lowest BCUT2D eigenvalue weighted by molar-refractivity contribution is -0.130. The van der Waals surface area contributed by atoms with Gasteiger partial charge >= 0.3 is 0 Å². The van der Waals surface area contributed by atoms with Gasteiger partial charge < -0.3 is 14.6 Å². The van der Waals surface area contributed by atoms with Crippen molar-refractivity contribution >= 4 is 27.7 Å². The maximum Gasteiger partial charge on any atom is 0.266 e. The Balaban J connectivity index is 1.37. The van der Waals surface area contributed by atoms with Gasteiger partial charge in [0.05, 0.1) is 6.61 Å². The molecule has 0 aromatic heterocycles. The van der Waals surface area contributed by atoms with E-state index >= 15 is 0 Å². The van der Waals surface area contributed by atoms with Crippen LogP contribution in [-0.4, -0.2) is 35.7 Å². The number of nitrogens with zero attached hydrogens (tertiary/aromatic N) is 1. The number of aliphatic hydroxyl groups excluding tert-OH is 1. The fourth-order valence-electron chi connectivity index (χ4n) is 5.66. The lowest BCUT2D eigenvalue weighted by Crippen LogP contribution is -2.53. The summed E-state index contributed by atoms with van der Waals surface area (Å²) in [4.78, 5) is 19.5. The third-order valence-corrected chi connectivity index (χ3v) is 8.74. The van der Waals surface area contributed by atoms with Gasteiger partial charge in [0.15, 0.2) is 23.3 Å². The van der Waals surface area contributed by atoms with Gasteiger partial charge in [-0.2, -0.15) is 0 Å². The number of rotatable bonds is 13. The Morgan fingerprint density at radius 3 is 2.20 bits per heavy atom. The second kappa shape index (κ2) is 15.5. The molecule has 0 fully saturated rings. The minimum absolute atomic E-state index is 0.0363. The second-order valence-electron chi connectivity index (χ2n) is 11.6. The van der Waals surface area contributed by atoms with Crippen molar-refractivity contribution in [1.29, 1.82) is 0 Å². The van der Waals surface area contributed by atoms with Crippen LogP contribution in [0, 0.1) is 11.6 Å². The molecular formula is C39H34BrF2N3O4. The van der Waals surface area contributed by atoms with Crippen LogP contribution in [0.3, 0.4) is 0 Å². The number of carbonyl (C=O) groups excluding carboxylic acids is 1. The van der Waals surface area contributed by atoms with Gasteiger partial charge in [0.1, 0.15) is 5.75 Å². The number of amides is 1. The number of halogens is 3. The fraction of sp³-hybridized carbons (Fsp3) is 0.179. The van der Waals surface area contributed by atoms with E-state index < -0.39 is 29.2 Å². The Hall–Kier alpha value is -4.90. The van der Waals surface area contributed by atoms with Crippen molar-refractivity contribution in [3.05, 3.63) is 160 Å². The minimum atomic E-state index is -1.48. The molecule has 49 heavy (non-hydrogen) atoms. The number of hydrogen-bond donors (Lipinski definition) is 3. The predicted molar refractivity (Wildman–Crippen MR) is 188 cm³/mol. The molecule has 1 aliphatic rings. The summed E-state index contributed by atoms with van der Waals surface area (Å²) in [6.45, 7) is 0.458. The Morgan fingerprint density at radius 1 is 0.837 bits per heavy atom. The normalized spacial score (nSPS) is 16.9. The molecule has 2 atom stereocenters. The maximum atomic E-state index is 14.5. The molecule has 5 aromatic carbocycles. The first kappa shape index (κ1) is 34.0. The topological polar surface area (TPSA) is 92.2 Å². The number of hydrogen-bond acceptors (Lipinski definition) is 6. The van der Waals surface area contributed by atoms with Gasteiger partial charge in [-0.3, -0.25) is 10.2 Å². The van der Waals surface area contributed by atoms with E-state index in [9.17, 15) is 13.6 Å². The summed E-state index contributed by atoms with van der Waals surface area (Å²) in [6.07, 6.45) is -0.127. The molecule has 250 valence electrons. The molecule has 0 unspecified atom stereocenters. The minimum Gasteiger partial charge on any atom is -0.494 e. The average molecular weight is 727 g/mol. The quantitative estimate of drug-likeness (QED) is 0.0866. The SMILES string of the molecule is O=C(NNCc1ccc(F)c(F)c1)[C@@]1(Cc2ccc(Br)cc2)N=C(c2ccc(OCCCO)cc2)O[C@H]1c1ccc(-c2ccccc2)cc1. The summed E-state index contributed by atoms with van der Waals surface area (Å²) < 4.78 is 40.6. The van der Waals surface area contributed by atoms with Crippen molar-refractivity contribution < 1.29 is 28.2 Å². The molecule has 0 spiro atoms. The molecule has 3 N–H and O–H groups in total. The van der Waals surface area contributed by atoms with Crippen molar-refractivity contribution in [3.8, 4) is 16.9 Å². The van der Waals surface area contributed by atoms with E-state index in [0.717, 1.165) is 38.9 Å². The smallest absolute Gasteiger partial charge is 0.266 e. The predicted octanol–water partition coefficient (Wildman–Crippen LogP) is 7.48. The summed E-state index contributed by atoms with van der Waals surface area (Å²) in [6, 6.07) is 36.3. The summed E-state index contributed by atoms with van der Waals surface area (Å²) in [5, 5.41) is 9.09. The molecule has 6 rings (SSSR count). The molecule has 1 heterocycles. The zero-order valence-corrected chi connectivity index (χ0v) is 28.0. The highest BCUT2D eigenvalue weighted by Crippen LogP contribution is 2.43. The standard InChI is InChI=1S/C39H34BrF2N3O4/c40-32-16-7-26(8-17-32)24-39(38(47)45-43-25-27-9-20-34(41)35(42)23-27)36(30-12-10-29(11-13-30)28-5-2-1-3-6-28)49-37(44-39)31-14-18-33(19-15-31)48-22-4-21-46/h1-3,5-20,23,36,43,46H,4,21-22,24-25H2,(H,45,47)/t36-,39-/m0/s1. The molecule has 0 saturated carbocycles. The Bertz CT molecular complexity index is 1910. The van der Waals surface area contributed by atoms with E-state index in [4.69, 9.17) is 19.6 Å². The maximum absolute atomic E-state index is 14.5. The number of carbonyl (C=O) groups is 1. The van der Waals surface area contributed by atoms with Gasteiger partial charge in [-0.25, -0.2) is 19.2 Å². The van der Waals surface area contributed by atoms with E-state index in [1.807, 2.05) is 91.0 Å². The number of benzene rings is 5. The summed E-state index contributed by atoms with van der Waals surface area (Å²) in [7, 11) is 0. The number of ether oxygens (including phenoxy) is 2. The first-order valence-corrected chi connectivity index (χ1v) is 16.6. The van der Waals surface area contributed by atoms with E-state index in [2.05, 4.69) is 26.8 Å². The van der Waals surface area contributed by atoms with E-state index in [1.165, 1.54) is 6.07 Å². The molecule has 0 bridgehead atoms. The zero-order chi connectivity index (χ0) is 34.2. The first-order valence-electron chi connectivity index (χ1n) is 15.8.